The Morgan fingerprint density at radius 1 is 1.44 bits per heavy atom. The van der Waals surface area contributed by atoms with Crippen LogP contribution in [-0.2, 0) is 6.18 Å². The number of ether oxygens (including phenoxy) is 1. The third kappa shape index (κ3) is 4.80. The van der Waals surface area contributed by atoms with Crippen molar-refractivity contribution >= 4 is 6.21 Å². The van der Waals surface area contributed by atoms with E-state index in [1.165, 1.54) is 36.8 Å². The van der Waals surface area contributed by atoms with Crippen molar-refractivity contribution in [1.82, 2.24) is 15.1 Å². The van der Waals surface area contributed by atoms with Crippen LogP contribution in [0.4, 0.5) is 17.6 Å². The number of halogens is 4. The molecule has 3 rings (SSSR count). The van der Waals surface area contributed by atoms with E-state index in [4.69, 9.17) is 10.5 Å². The summed E-state index contributed by atoms with van der Waals surface area (Å²) in [7, 11) is 0. The number of nitrogens with zero attached hydrogens (tertiary/aromatic N) is 4. The summed E-state index contributed by atoms with van der Waals surface area (Å²) < 4.78 is 61.1. The Bertz CT molecular complexity index is 836. The molecule has 1 fully saturated rings. The van der Waals surface area contributed by atoms with Crippen molar-refractivity contribution < 1.29 is 26.8 Å². The minimum atomic E-state index is -4.72. The molecule has 2 heterocycles. The first-order valence-electron chi connectivity index (χ1n) is 7.92. The smallest absolute Gasteiger partial charge is 0.471 e. The van der Waals surface area contributed by atoms with Gasteiger partial charge in [-0.05, 0) is 24.8 Å². The number of allylic oxidation sites excluding steroid dienone is 1. The Kier molecular flexibility index (Phi) is 5.38. The van der Waals surface area contributed by atoms with E-state index in [9.17, 15) is 17.6 Å². The third-order valence-corrected chi connectivity index (χ3v) is 3.86. The second-order valence-electron chi connectivity index (χ2n) is 5.83. The molecule has 0 saturated heterocycles. The van der Waals surface area contributed by atoms with E-state index in [0.717, 1.165) is 0 Å². The lowest BCUT2D eigenvalue weighted by molar-refractivity contribution is -0.159. The lowest BCUT2D eigenvalue weighted by Crippen LogP contribution is -2.07. The van der Waals surface area contributed by atoms with Gasteiger partial charge in [0.15, 0.2) is 6.30 Å². The van der Waals surface area contributed by atoms with Crippen LogP contribution in [0, 0.1) is 11.8 Å². The van der Waals surface area contributed by atoms with Crippen molar-refractivity contribution in [2.75, 3.05) is 6.61 Å². The number of aliphatic imine (C=N–C) groups is 1. The summed E-state index contributed by atoms with van der Waals surface area (Å²) in [6, 6.07) is 2.81. The Balaban J connectivity index is 1.57. The predicted molar refractivity (Wildman–Crippen MR) is 86.3 cm³/mol. The SMILES string of the molecule is N/C=C\C=N/[C@@H](F)[C@H]1C[C@H]1COc1cc(-c2noc(C(F)(F)F)n2)ccn1. The van der Waals surface area contributed by atoms with Gasteiger partial charge in [-0.15, -0.1) is 0 Å². The molecule has 0 amide bonds. The molecule has 2 aromatic heterocycles. The van der Waals surface area contributed by atoms with Crippen molar-refractivity contribution in [3.8, 4) is 17.3 Å². The highest BCUT2D eigenvalue weighted by Crippen LogP contribution is 2.43. The number of rotatable bonds is 7. The Labute approximate surface area is 150 Å². The fraction of sp³-hybridized carbons (Fsp3) is 0.375. The lowest BCUT2D eigenvalue weighted by Gasteiger charge is -2.06. The summed E-state index contributed by atoms with van der Waals surface area (Å²) >= 11 is 0. The summed E-state index contributed by atoms with van der Waals surface area (Å²) in [5, 5.41) is 3.30. The van der Waals surface area contributed by atoms with E-state index >= 15 is 0 Å². The zero-order valence-electron chi connectivity index (χ0n) is 13.8. The summed E-state index contributed by atoms with van der Waals surface area (Å²) in [6.07, 6.45) is -0.114. The topological polar surface area (TPSA) is 99.4 Å². The number of nitrogens with two attached hydrogens (primary N) is 1. The van der Waals surface area contributed by atoms with Crippen molar-refractivity contribution in [3.05, 3.63) is 36.5 Å². The molecule has 0 spiro atoms. The fourth-order valence-corrected chi connectivity index (χ4v) is 2.37. The van der Waals surface area contributed by atoms with Gasteiger partial charge >= 0.3 is 12.1 Å². The van der Waals surface area contributed by atoms with Crippen LogP contribution < -0.4 is 10.5 Å². The Morgan fingerprint density at radius 3 is 2.96 bits per heavy atom. The molecule has 1 aliphatic rings. The molecule has 1 aliphatic carbocycles. The lowest BCUT2D eigenvalue weighted by atomic mass is 10.2. The molecular formula is C16H15F4N5O2. The maximum absolute atomic E-state index is 13.8. The molecular weight excluding hydrogens is 370 g/mol. The zero-order valence-corrected chi connectivity index (χ0v) is 13.8. The van der Waals surface area contributed by atoms with Crippen molar-refractivity contribution in [2.24, 2.45) is 22.6 Å². The molecule has 0 unspecified atom stereocenters. The molecule has 7 nitrogen and oxygen atoms in total. The molecule has 3 atom stereocenters. The van der Waals surface area contributed by atoms with Gasteiger partial charge in [-0.1, -0.05) is 5.16 Å². The number of hydrogen-bond donors (Lipinski definition) is 1. The van der Waals surface area contributed by atoms with Crippen molar-refractivity contribution in [2.45, 2.75) is 18.9 Å². The van der Waals surface area contributed by atoms with Crippen LogP contribution in [0.3, 0.4) is 0 Å². The van der Waals surface area contributed by atoms with Gasteiger partial charge < -0.3 is 15.0 Å². The molecule has 11 heteroatoms. The van der Waals surface area contributed by atoms with Gasteiger partial charge in [0.1, 0.15) is 0 Å². The summed E-state index contributed by atoms with van der Waals surface area (Å²) in [6.45, 7) is 0.212. The fourth-order valence-electron chi connectivity index (χ4n) is 2.37. The first-order valence-corrected chi connectivity index (χ1v) is 7.92. The zero-order chi connectivity index (χ0) is 19.4. The van der Waals surface area contributed by atoms with Gasteiger partial charge in [0.05, 0.1) is 6.61 Å². The standard InChI is InChI=1S/C16H15F4N5O2/c17-13(23-4-1-3-21)11-6-10(11)8-26-12-7-9(2-5-22-12)14-24-15(27-25-14)16(18,19)20/h1-5,7,10-11,13H,6,8,21H2/b3-1-,23-4-/t10-,11-,13+/m0/s1. The van der Waals surface area contributed by atoms with Crippen LogP contribution in [-0.4, -0.2) is 34.2 Å². The highest BCUT2D eigenvalue weighted by atomic mass is 19.4. The van der Waals surface area contributed by atoms with E-state index in [2.05, 4.69) is 24.6 Å². The average Bonchev–Trinajstić information content (AvgIpc) is 3.23. The molecule has 0 aromatic carbocycles. The minimum Gasteiger partial charge on any atom is -0.477 e. The quantitative estimate of drug-likeness (QED) is 0.447. The van der Waals surface area contributed by atoms with E-state index in [-0.39, 0.29) is 35.7 Å². The number of pyridine rings is 1. The minimum absolute atomic E-state index is 0.0218. The maximum atomic E-state index is 13.8. The van der Waals surface area contributed by atoms with Crippen LogP contribution in [0.25, 0.3) is 11.4 Å². The van der Waals surface area contributed by atoms with Crippen LogP contribution >= 0.6 is 0 Å². The van der Waals surface area contributed by atoms with Gasteiger partial charge in [-0.3, -0.25) is 4.99 Å². The van der Waals surface area contributed by atoms with Crippen molar-refractivity contribution in [1.29, 1.82) is 0 Å². The Morgan fingerprint density at radius 2 is 2.26 bits per heavy atom. The first-order chi connectivity index (χ1) is 12.9. The number of alkyl halides is 4. The van der Waals surface area contributed by atoms with Crippen LogP contribution in [0.2, 0.25) is 0 Å². The molecule has 0 aliphatic heterocycles. The van der Waals surface area contributed by atoms with Crippen LogP contribution in [0.5, 0.6) is 5.88 Å². The normalized spacial score (nSPS) is 21.0. The summed E-state index contributed by atoms with van der Waals surface area (Å²) in [5.74, 6) is -1.77. The molecule has 1 saturated carbocycles. The molecule has 2 aromatic rings. The first kappa shape index (κ1) is 18.8. The monoisotopic (exact) mass is 385 g/mol. The highest BCUT2D eigenvalue weighted by molar-refractivity contribution is 5.70. The average molecular weight is 385 g/mol. The van der Waals surface area contributed by atoms with Gasteiger partial charge in [0, 0.05) is 35.9 Å². The molecule has 0 bridgehead atoms. The van der Waals surface area contributed by atoms with Gasteiger partial charge in [0.25, 0.3) is 0 Å². The largest absolute Gasteiger partial charge is 0.477 e. The molecule has 0 radical (unpaired) electrons. The molecule has 2 N–H and O–H groups in total. The van der Waals surface area contributed by atoms with Crippen molar-refractivity contribution in [3.63, 3.8) is 0 Å². The summed E-state index contributed by atoms with van der Waals surface area (Å²) in [5.41, 5.74) is 5.39. The van der Waals surface area contributed by atoms with E-state index in [1.54, 1.807) is 0 Å². The summed E-state index contributed by atoms with van der Waals surface area (Å²) in [4.78, 5) is 11.0. The molecule has 27 heavy (non-hydrogen) atoms. The number of aromatic nitrogens is 3. The highest BCUT2D eigenvalue weighted by Gasteiger charge is 2.44. The molecule has 144 valence electrons. The van der Waals surface area contributed by atoms with Gasteiger partial charge in [-0.25, -0.2) is 9.37 Å². The third-order valence-electron chi connectivity index (χ3n) is 3.86. The van der Waals surface area contributed by atoms with E-state index < -0.39 is 18.4 Å². The van der Waals surface area contributed by atoms with Crippen LogP contribution in [0.15, 0.2) is 40.1 Å². The van der Waals surface area contributed by atoms with E-state index in [1.807, 2.05) is 0 Å². The Hall–Kier alpha value is -2.98. The van der Waals surface area contributed by atoms with Gasteiger partial charge in [-0.2, -0.15) is 18.2 Å². The van der Waals surface area contributed by atoms with E-state index in [0.29, 0.717) is 6.42 Å². The second kappa shape index (κ2) is 7.72. The van der Waals surface area contributed by atoms with Crippen LogP contribution in [0.1, 0.15) is 12.3 Å². The predicted octanol–water partition coefficient (Wildman–Crippen LogP) is 3.00. The second-order valence-corrected chi connectivity index (χ2v) is 5.83. The number of hydrogen-bond acceptors (Lipinski definition) is 7. The maximum Gasteiger partial charge on any atom is 0.471 e. The van der Waals surface area contributed by atoms with Gasteiger partial charge in [0.2, 0.25) is 11.7 Å².